The molecule has 4 rings (SSSR count). The molecule has 0 aromatic heterocycles. The Kier molecular flexibility index (Phi) is 5.56. The van der Waals surface area contributed by atoms with E-state index in [1.54, 1.807) is 6.07 Å². The van der Waals surface area contributed by atoms with Gasteiger partial charge in [0.1, 0.15) is 6.10 Å². The van der Waals surface area contributed by atoms with Gasteiger partial charge in [-0.1, -0.05) is 42.5 Å². The lowest BCUT2D eigenvalue weighted by molar-refractivity contribution is -0.136. The zero-order valence-corrected chi connectivity index (χ0v) is 16.9. The summed E-state index contributed by atoms with van der Waals surface area (Å²) in [7, 11) is 0. The van der Waals surface area contributed by atoms with Crippen LogP contribution in [0.1, 0.15) is 55.6 Å². The molecule has 1 spiro atoms. The van der Waals surface area contributed by atoms with Gasteiger partial charge < -0.3 is 10.1 Å². The van der Waals surface area contributed by atoms with Crippen LogP contribution in [0.25, 0.3) is 0 Å². The van der Waals surface area contributed by atoms with Gasteiger partial charge in [0.25, 0.3) is 5.17 Å². The predicted octanol–water partition coefficient (Wildman–Crippen LogP) is 6.93. The summed E-state index contributed by atoms with van der Waals surface area (Å²) in [5.41, 5.74) is 0.699. The third-order valence-electron chi connectivity index (χ3n) is 6.56. The standard InChI is InChI=1S/C23H24F3NOS/c24-23(25,26)18-8-4-5-9-19(18)27-21(29)28-20-12-15-22(20)13-10-17(11-14-22)16-6-2-1-3-7-16/h1-9,17,20H,10-15H2,(H,27,29). The van der Waals surface area contributed by atoms with Crippen LogP contribution >= 0.6 is 12.2 Å². The van der Waals surface area contributed by atoms with Crippen molar-refractivity contribution < 1.29 is 17.9 Å². The van der Waals surface area contributed by atoms with E-state index in [1.807, 2.05) is 6.07 Å². The highest BCUT2D eigenvalue weighted by atomic mass is 32.1. The van der Waals surface area contributed by atoms with E-state index in [0.717, 1.165) is 44.6 Å². The average molecular weight is 420 g/mol. The molecule has 0 radical (unpaired) electrons. The number of hydrogen-bond donors (Lipinski definition) is 1. The summed E-state index contributed by atoms with van der Waals surface area (Å²) in [5.74, 6) is 0.576. The lowest BCUT2D eigenvalue weighted by Gasteiger charge is -2.52. The van der Waals surface area contributed by atoms with Gasteiger partial charge in [-0.3, -0.25) is 0 Å². The molecule has 2 aliphatic rings. The fourth-order valence-electron chi connectivity index (χ4n) is 4.79. The number of nitrogens with one attached hydrogen (secondary N) is 1. The van der Waals surface area contributed by atoms with Crippen molar-refractivity contribution >= 4 is 23.1 Å². The van der Waals surface area contributed by atoms with E-state index in [2.05, 4.69) is 29.6 Å². The molecule has 2 aliphatic carbocycles. The molecular weight excluding hydrogens is 395 g/mol. The first kappa shape index (κ1) is 20.2. The van der Waals surface area contributed by atoms with Gasteiger partial charge in [0.15, 0.2) is 0 Å². The number of hydrogen-bond acceptors (Lipinski definition) is 2. The highest BCUT2D eigenvalue weighted by Gasteiger charge is 2.50. The second kappa shape index (κ2) is 7.98. The van der Waals surface area contributed by atoms with Crippen molar-refractivity contribution in [3.05, 3.63) is 65.7 Å². The number of alkyl halides is 3. The Morgan fingerprint density at radius 1 is 0.931 bits per heavy atom. The summed E-state index contributed by atoms with van der Waals surface area (Å²) in [6, 6.07) is 15.9. The van der Waals surface area contributed by atoms with Crippen molar-refractivity contribution in [3.63, 3.8) is 0 Å². The van der Waals surface area contributed by atoms with Crippen LogP contribution in [-0.4, -0.2) is 11.3 Å². The Labute approximate surface area is 174 Å². The Hall–Kier alpha value is -2.08. The fourth-order valence-corrected chi connectivity index (χ4v) is 5.01. The lowest BCUT2D eigenvalue weighted by Crippen LogP contribution is -2.49. The van der Waals surface area contributed by atoms with Crippen LogP contribution in [0.4, 0.5) is 18.9 Å². The van der Waals surface area contributed by atoms with Crippen LogP contribution in [-0.2, 0) is 10.9 Å². The molecule has 2 fully saturated rings. The topological polar surface area (TPSA) is 21.3 Å². The van der Waals surface area contributed by atoms with E-state index >= 15 is 0 Å². The molecule has 0 amide bonds. The molecule has 0 bridgehead atoms. The molecule has 2 nitrogen and oxygen atoms in total. The Balaban J connectivity index is 1.36. The second-order valence-electron chi connectivity index (χ2n) is 8.15. The van der Waals surface area contributed by atoms with E-state index in [0.29, 0.717) is 5.92 Å². The zero-order chi connectivity index (χ0) is 20.5. The van der Waals surface area contributed by atoms with Gasteiger partial charge in [-0.2, -0.15) is 13.2 Å². The highest BCUT2D eigenvalue weighted by molar-refractivity contribution is 7.80. The molecule has 6 heteroatoms. The molecule has 2 aromatic carbocycles. The predicted molar refractivity (Wildman–Crippen MR) is 112 cm³/mol. The molecule has 2 saturated carbocycles. The van der Waals surface area contributed by atoms with Gasteiger partial charge in [-0.25, -0.2) is 0 Å². The van der Waals surface area contributed by atoms with E-state index in [-0.39, 0.29) is 22.4 Å². The van der Waals surface area contributed by atoms with E-state index in [9.17, 15) is 13.2 Å². The van der Waals surface area contributed by atoms with E-state index in [4.69, 9.17) is 17.0 Å². The smallest absolute Gasteiger partial charge is 0.418 e. The number of rotatable bonds is 3. The minimum absolute atomic E-state index is 0.0164. The molecule has 1 unspecified atom stereocenters. The first-order valence-corrected chi connectivity index (χ1v) is 10.5. The first-order chi connectivity index (χ1) is 13.9. The summed E-state index contributed by atoms with van der Waals surface area (Å²) in [6.45, 7) is 0. The average Bonchev–Trinajstić information content (AvgIpc) is 2.72. The van der Waals surface area contributed by atoms with Crippen molar-refractivity contribution in [2.24, 2.45) is 5.41 Å². The number of benzene rings is 2. The number of para-hydroxylation sites is 1. The summed E-state index contributed by atoms with van der Waals surface area (Å²) in [5, 5.41) is 2.69. The summed E-state index contributed by atoms with van der Waals surface area (Å²) in [4.78, 5) is 0. The third kappa shape index (κ3) is 4.27. The number of anilines is 1. The van der Waals surface area contributed by atoms with Crippen molar-refractivity contribution in [2.75, 3.05) is 5.32 Å². The molecule has 0 aliphatic heterocycles. The van der Waals surface area contributed by atoms with Crippen LogP contribution < -0.4 is 5.32 Å². The Morgan fingerprint density at radius 3 is 2.17 bits per heavy atom. The maximum absolute atomic E-state index is 13.2. The first-order valence-electron chi connectivity index (χ1n) is 10.1. The van der Waals surface area contributed by atoms with Gasteiger partial charge in [-0.05, 0) is 74.4 Å². The van der Waals surface area contributed by atoms with Gasteiger partial charge in [-0.15, -0.1) is 0 Å². The highest BCUT2D eigenvalue weighted by Crippen LogP contribution is 2.55. The minimum Gasteiger partial charge on any atom is -0.467 e. The van der Waals surface area contributed by atoms with Crippen LogP contribution in [0.2, 0.25) is 0 Å². The zero-order valence-electron chi connectivity index (χ0n) is 16.0. The third-order valence-corrected chi connectivity index (χ3v) is 6.76. The van der Waals surface area contributed by atoms with E-state index < -0.39 is 11.7 Å². The van der Waals surface area contributed by atoms with Gasteiger partial charge >= 0.3 is 6.18 Å². The molecule has 1 atom stereocenters. The number of thiocarbonyl (C=S) groups is 1. The molecule has 154 valence electrons. The number of ether oxygens (including phenoxy) is 1. The molecule has 2 aromatic rings. The monoisotopic (exact) mass is 419 g/mol. The lowest BCUT2D eigenvalue weighted by atomic mass is 9.56. The van der Waals surface area contributed by atoms with Crippen LogP contribution in [0.3, 0.4) is 0 Å². The second-order valence-corrected chi connectivity index (χ2v) is 8.52. The summed E-state index contributed by atoms with van der Waals surface area (Å²) >= 11 is 5.25. The molecule has 29 heavy (non-hydrogen) atoms. The van der Waals surface area contributed by atoms with E-state index in [1.165, 1.54) is 17.7 Å². The largest absolute Gasteiger partial charge is 0.467 e. The van der Waals surface area contributed by atoms with Gasteiger partial charge in [0.05, 0.1) is 11.3 Å². The molecule has 0 saturated heterocycles. The maximum Gasteiger partial charge on any atom is 0.418 e. The van der Waals surface area contributed by atoms with Crippen LogP contribution in [0, 0.1) is 5.41 Å². The van der Waals surface area contributed by atoms with Crippen molar-refractivity contribution in [3.8, 4) is 0 Å². The summed E-state index contributed by atoms with van der Waals surface area (Å²) < 4.78 is 45.5. The number of halogens is 3. The fraction of sp³-hybridized carbons (Fsp3) is 0.435. The summed E-state index contributed by atoms with van der Waals surface area (Å²) in [6.07, 6.45) is 1.91. The van der Waals surface area contributed by atoms with Crippen molar-refractivity contribution in [1.29, 1.82) is 0 Å². The van der Waals surface area contributed by atoms with Gasteiger partial charge in [0, 0.05) is 5.41 Å². The van der Waals surface area contributed by atoms with Crippen molar-refractivity contribution in [2.45, 2.75) is 56.7 Å². The SMILES string of the molecule is FC(F)(F)c1ccccc1NC(=S)OC1CCC12CCC(c1ccccc1)CC2. The Bertz CT molecular complexity index is 860. The van der Waals surface area contributed by atoms with Gasteiger partial charge in [0.2, 0.25) is 0 Å². The van der Waals surface area contributed by atoms with Crippen molar-refractivity contribution in [1.82, 2.24) is 0 Å². The van der Waals surface area contributed by atoms with Crippen LogP contribution in [0.5, 0.6) is 0 Å². The normalized spacial score (nSPS) is 26.6. The molecule has 0 heterocycles. The molecular formula is C23H24F3NOS. The van der Waals surface area contributed by atoms with Crippen LogP contribution in [0.15, 0.2) is 54.6 Å². The minimum atomic E-state index is -4.44. The Morgan fingerprint density at radius 2 is 1.55 bits per heavy atom. The maximum atomic E-state index is 13.2. The molecule has 1 N–H and O–H groups in total. The quantitative estimate of drug-likeness (QED) is 0.545.